The van der Waals surface area contributed by atoms with Crippen molar-refractivity contribution in [2.24, 2.45) is 0 Å². The summed E-state index contributed by atoms with van der Waals surface area (Å²) in [5.41, 5.74) is 1.32. The van der Waals surface area contributed by atoms with Crippen LogP contribution < -0.4 is 15.0 Å². The molecule has 0 aliphatic carbocycles. The first-order valence-corrected chi connectivity index (χ1v) is 9.62. The second-order valence-corrected chi connectivity index (χ2v) is 6.76. The van der Waals surface area contributed by atoms with Crippen molar-refractivity contribution in [3.63, 3.8) is 0 Å². The Labute approximate surface area is 177 Å². The van der Waals surface area contributed by atoms with Crippen LogP contribution in [-0.4, -0.2) is 18.4 Å². The number of hydrogen-bond acceptors (Lipinski definition) is 4. The smallest absolute Gasteiger partial charge is 0.282 e. The third-order valence-corrected chi connectivity index (χ3v) is 4.74. The minimum Gasteiger partial charge on any atom is -0.494 e. The first kappa shape index (κ1) is 20.3. The van der Waals surface area contributed by atoms with Gasteiger partial charge >= 0.3 is 0 Å². The number of anilines is 2. The lowest BCUT2D eigenvalue weighted by molar-refractivity contribution is -0.120. The van der Waals surface area contributed by atoms with E-state index in [2.05, 4.69) is 5.32 Å². The highest BCUT2D eigenvalue weighted by molar-refractivity contribution is 6.46. The van der Waals surface area contributed by atoms with Crippen molar-refractivity contribution >= 4 is 28.8 Å². The van der Waals surface area contributed by atoms with E-state index < -0.39 is 23.4 Å². The topological polar surface area (TPSA) is 58.6 Å². The minimum atomic E-state index is -0.571. The van der Waals surface area contributed by atoms with E-state index in [1.807, 2.05) is 6.92 Å². The highest BCUT2D eigenvalue weighted by Gasteiger charge is 2.40. The molecule has 0 radical (unpaired) electrons. The predicted octanol–water partition coefficient (Wildman–Crippen LogP) is 4.76. The van der Waals surface area contributed by atoms with Gasteiger partial charge in [0.25, 0.3) is 11.8 Å². The number of ether oxygens (including phenoxy) is 1. The molecular formula is C24H18F2N2O3. The van der Waals surface area contributed by atoms with Gasteiger partial charge in [-0.25, -0.2) is 13.7 Å². The molecule has 3 aromatic rings. The number of nitrogens with one attached hydrogen (secondary N) is 1. The molecule has 0 saturated carbocycles. The SMILES string of the molecule is CCOc1ccc(N2C(=O)C(Nc3ccc(F)cc3)=C(c3ccc(F)cc3)C2=O)cc1. The molecule has 0 saturated heterocycles. The Morgan fingerprint density at radius 2 is 1.39 bits per heavy atom. The maximum absolute atomic E-state index is 13.4. The van der Waals surface area contributed by atoms with Gasteiger partial charge in [-0.2, -0.15) is 0 Å². The van der Waals surface area contributed by atoms with E-state index in [0.717, 1.165) is 4.90 Å². The molecule has 0 bridgehead atoms. The number of carbonyl (C=O) groups is 2. The summed E-state index contributed by atoms with van der Waals surface area (Å²) in [7, 11) is 0. The van der Waals surface area contributed by atoms with Crippen LogP contribution in [0.5, 0.6) is 5.75 Å². The molecule has 0 fully saturated rings. The van der Waals surface area contributed by atoms with E-state index in [0.29, 0.717) is 29.3 Å². The monoisotopic (exact) mass is 420 g/mol. The van der Waals surface area contributed by atoms with Gasteiger partial charge in [0.2, 0.25) is 0 Å². The first-order valence-electron chi connectivity index (χ1n) is 9.62. The van der Waals surface area contributed by atoms with Crippen molar-refractivity contribution in [1.29, 1.82) is 0 Å². The minimum absolute atomic E-state index is 0.0251. The number of carbonyl (C=O) groups excluding carboxylic acids is 2. The van der Waals surface area contributed by atoms with E-state index in [1.54, 1.807) is 24.3 Å². The van der Waals surface area contributed by atoms with Crippen LogP contribution >= 0.6 is 0 Å². The van der Waals surface area contributed by atoms with Crippen molar-refractivity contribution in [1.82, 2.24) is 0 Å². The summed E-state index contributed by atoms with van der Waals surface area (Å²) in [6.45, 7) is 2.34. The number of nitrogens with zero attached hydrogens (tertiary/aromatic N) is 1. The van der Waals surface area contributed by atoms with Gasteiger partial charge in [0.15, 0.2) is 0 Å². The van der Waals surface area contributed by atoms with Crippen molar-refractivity contribution in [2.75, 3.05) is 16.8 Å². The van der Waals surface area contributed by atoms with Crippen LogP contribution in [0.2, 0.25) is 0 Å². The Hall–Kier alpha value is -4.00. The van der Waals surface area contributed by atoms with Crippen LogP contribution in [0.3, 0.4) is 0 Å². The summed E-state index contributed by atoms with van der Waals surface area (Å²) < 4.78 is 32.1. The molecule has 0 atom stereocenters. The van der Waals surface area contributed by atoms with Gasteiger partial charge in [0, 0.05) is 5.69 Å². The van der Waals surface area contributed by atoms with Crippen LogP contribution in [0, 0.1) is 11.6 Å². The molecule has 2 amide bonds. The molecule has 1 heterocycles. The van der Waals surface area contributed by atoms with Crippen LogP contribution in [0.4, 0.5) is 20.2 Å². The molecule has 0 spiro atoms. The van der Waals surface area contributed by atoms with E-state index in [-0.39, 0.29) is 11.3 Å². The molecule has 0 aromatic heterocycles. The molecule has 5 nitrogen and oxygen atoms in total. The van der Waals surface area contributed by atoms with Crippen molar-refractivity contribution in [2.45, 2.75) is 6.92 Å². The van der Waals surface area contributed by atoms with E-state index in [9.17, 15) is 18.4 Å². The summed E-state index contributed by atoms with van der Waals surface area (Å²) in [6.07, 6.45) is 0. The van der Waals surface area contributed by atoms with Gasteiger partial charge in [0.05, 0.1) is 17.9 Å². The molecule has 4 rings (SSSR count). The van der Waals surface area contributed by atoms with Gasteiger partial charge in [-0.3, -0.25) is 9.59 Å². The lowest BCUT2D eigenvalue weighted by Crippen LogP contribution is -2.32. The molecule has 1 N–H and O–H groups in total. The zero-order chi connectivity index (χ0) is 22.0. The van der Waals surface area contributed by atoms with Crippen molar-refractivity contribution < 1.29 is 23.1 Å². The predicted molar refractivity (Wildman–Crippen MR) is 113 cm³/mol. The number of amides is 2. The average Bonchev–Trinajstić information content (AvgIpc) is 3.01. The maximum atomic E-state index is 13.4. The number of rotatable bonds is 6. The Kier molecular flexibility index (Phi) is 5.49. The van der Waals surface area contributed by atoms with E-state index in [1.165, 1.54) is 48.5 Å². The molecule has 156 valence electrons. The number of halogens is 2. The third-order valence-electron chi connectivity index (χ3n) is 4.74. The zero-order valence-corrected chi connectivity index (χ0v) is 16.6. The molecular weight excluding hydrogens is 402 g/mol. The van der Waals surface area contributed by atoms with Gasteiger partial charge in [0.1, 0.15) is 23.1 Å². The van der Waals surface area contributed by atoms with E-state index in [4.69, 9.17) is 4.74 Å². The summed E-state index contributed by atoms with van der Waals surface area (Å²) >= 11 is 0. The highest BCUT2D eigenvalue weighted by Crippen LogP contribution is 2.34. The van der Waals surface area contributed by atoms with Crippen LogP contribution in [0.15, 0.2) is 78.5 Å². The summed E-state index contributed by atoms with van der Waals surface area (Å²) in [5.74, 6) is -1.40. The van der Waals surface area contributed by atoms with Gasteiger partial charge in [-0.15, -0.1) is 0 Å². The van der Waals surface area contributed by atoms with Crippen LogP contribution in [0.25, 0.3) is 5.57 Å². The Balaban J connectivity index is 1.75. The number of hydrogen-bond donors (Lipinski definition) is 1. The number of benzene rings is 3. The van der Waals surface area contributed by atoms with Crippen LogP contribution in [0.1, 0.15) is 12.5 Å². The Bertz CT molecular complexity index is 1150. The van der Waals surface area contributed by atoms with Gasteiger partial charge in [-0.1, -0.05) is 12.1 Å². The summed E-state index contributed by atoms with van der Waals surface area (Å²) in [4.78, 5) is 27.6. The second kappa shape index (κ2) is 8.39. The van der Waals surface area contributed by atoms with Crippen molar-refractivity contribution in [3.8, 4) is 5.75 Å². The molecule has 7 heteroatoms. The summed E-state index contributed by atoms with van der Waals surface area (Å²) in [5, 5.41) is 2.93. The normalized spacial score (nSPS) is 13.7. The fourth-order valence-electron chi connectivity index (χ4n) is 3.30. The van der Waals surface area contributed by atoms with Gasteiger partial charge in [-0.05, 0) is 73.2 Å². The quantitative estimate of drug-likeness (QED) is 0.584. The van der Waals surface area contributed by atoms with Gasteiger partial charge < -0.3 is 10.1 Å². The van der Waals surface area contributed by atoms with Crippen LogP contribution in [-0.2, 0) is 9.59 Å². The fraction of sp³-hybridized carbons (Fsp3) is 0.0833. The lowest BCUT2D eigenvalue weighted by atomic mass is 10.0. The zero-order valence-electron chi connectivity index (χ0n) is 16.6. The molecule has 1 aliphatic rings. The Morgan fingerprint density at radius 3 is 1.97 bits per heavy atom. The lowest BCUT2D eigenvalue weighted by Gasteiger charge is -2.16. The molecule has 1 aliphatic heterocycles. The second-order valence-electron chi connectivity index (χ2n) is 6.76. The average molecular weight is 420 g/mol. The summed E-state index contributed by atoms with van der Waals surface area (Å²) in [6, 6.07) is 17.3. The molecule has 0 unspecified atom stereocenters. The molecule has 31 heavy (non-hydrogen) atoms. The highest BCUT2D eigenvalue weighted by atomic mass is 19.1. The largest absolute Gasteiger partial charge is 0.494 e. The standard InChI is InChI=1S/C24H18F2N2O3/c1-2-31-20-13-11-19(12-14-20)28-23(29)21(15-3-5-16(25)6-4-15)22(24(28)30)27-18-9-7-17(26)8-10-18/h3-14,27H,2H2,1H3. The van der Waals surface area contributed by atoms with E-state index >= 15 is 0 Å². The molecule has 3 aromatic carbocycles. The number of imide groups is 1. The maximum Gasteiger partial charge on any atom is 0.282 e. The Morgan fingerprint density at radius 1 is 0.806 bits per heavy atom. The first-order chi connectivity index (χ1) is 15.0. The third kappa shape index (κ3) is 4.02. The fourth-order valence-corrected chi connectivity index (χ4v) is 3.30. The van der Waals surface area contributed by atoms with Crippen molar-refractivity contribution in [3.05, 3.63) is 95.7 Å².